The van der Waals surface area contributed by atoms with Gasteiger partial charge in [-0.1, -0.05) is 6.07 Å². The number of rotatable bonds is 3. The molecular formula is C21H34N2O3. The smallest absolute Gasteiger partial charge is 0.410 e. The van der Waals surface area contributed by atoms with Crippen molar-refractivity contribution >= 4 is 11.8 Å². The van der Waals surface area contributed by atoms with E-state index in [-0.39, 0.29) is 24.3 Å². The predicted molar refractivity (Wildman–Crippen MR) is 106 cm³/mol. The van der Waals surface area contributed by atoms with Crippen molar-refractivity contribution in [2.75, 3.05) is 5.73 Å². The summed E-state index contributed by atoms with van der Waals surface area (Å²) in [6, 6.07) is 6.29. The molecule has 1 heterocycles. The van der Waals surface area contributed by atoms with Crippen LogP contribution in [-0.4, -0.2) is 34.8 Å². The highest BCUT2D eigenvalue weighted by Crippen LogP contribution is 2.38. The summed E-state index contributed by atoms with van der Waals surface area (Å²) >= 11 is 0. The molecule has 2 atom stereocenters. The number of nitrogens with two attached hydrogens (primary N) is 1. The van der Waals surface area contributed by atoms with Gasteiger partial charge < -0.3 is 20.1 Å². The summed E-state index contributed by atoms with van der Waals surface area (Å²) in [5.41, 5.74) is 7.45. The monoisotopic (exact) mass is 362 g/mol. The molecule has 1 aliphatic heterocycles. The van der Waals surface area contributed by atoms with E-state index >= 15 is 0 Å². The molecule has 1 aliphatic rings. The zero-order valence-corrected chi connectivity index (χ0v) is 17.2. The summed E-state index contributed by atoms with van der Waals surface area (Å²) in [7, 11) is 0. The standard InChI is InChI=1S/C21H34N2O3/c1-13(2)25-19-12-16(8-9-18(19)22)17-10-14(3)23(15(4)11-17)20(24)26-21(5,6)7/h8-9,12-15,17H,10-11,22H2,1-7H3. The van der Waals surface area contributed by atoms with E-state index in [1.165, 1.54) is 5.56 Å². The number of nitrogens with zero attached hydrogens (tertiary/aromatic N) is 1. The van der Waals surface area contributed by atoms with Gasteiger partial charge in [0.1, 0.15) is 11.4 Å². The first kappa shape index (κ1) is 20.4. The lowest BCUT2D eigenvalue weighted by Crippen LogP contribution is -2.51. The fourth-order valence-corrected chi connectivity index (χ4v) is 3.69. The fraction of sp³-hybridized carbons (Fsp3) is 0.667. The van der Waals surface area contributed by atoms with Crippen LogP contribution in [0.4, 0.5) is 10.5 Å². The van der Waals surface area contributed by atoms with Crippen LogP contribution in [0.2, 0.25) is 0 Å². The van der Waals surface area contributed by atoms with Crippen LogP contribution in [0.15, 0.2) is 18.2 Å². The minimum absolute atomic E-state index is 0.0828. The first-order valence-electron chi connectivity index (χ1n) is 9.55. The number of piperidine rings is 1. The highest BCUT2D eigenvalue weighted by atomic mass is 16.6. The number of hydrogen-bond donors (Lipinski definition) is 1. The van der Waals surface area contributed by atoms with Crippen LogP contribution in [0.25, 0.3) is 0 Å². The minimum atomic E-state index is -0.479. The molecule has 0 saturated carbocycles. The number of ether oxygens (including phenoxy) is 2. The van der Waals surface area contributed by atoms with E-state index in [0.717, 1.165) is 18.6 Å². The van der Waals surface area contributed by atoms with Crippen LogP contribution in [0, 0.1) is 0 Å². The summed E-state index contributed by atoms with van der Waals surface area (Å²) in [6.45, 7) is 13.9. The summed E-state index contributed by atoms with van der Waals surface area (Å²) in [5, 5.41) is 0. The quantitative estimate of drug-likeness (QED) is 0.773. The molecule has 26 heavy (non-hydrogen) atoms. The minimum Gasteiger partial charge on any atom is -0.489 e. The molecule has 1 aromatic carbocycles. The molecule has 1 saturated heterocycles. The molecule has 0 radical (unpaired) electrons. The summed E-state index contributed by atoms with van der Waals surface area (Å²) in [5.74, 6) is 1.11. The molecule has 0 aromatic heterocycles. The number of carbonyl (C=O) groups excluding carboxylic acids is 1. The largest absolute Gasteiger partial charge is 0.489 e. The number of amides is 1. The van der Waals surface area contributed by atoms with E-state index in [1.807, 2.05) is 45.6 Å². The molecule has 0 aliphatic carbocycles. The van der Waals surface area contributed by atoms with Gasteiger partial charge >= 0.3 is 6.09 Å². The van der Waals surface area contributed by atoms with Gasteiger partial charge in [-0.3, -0.25) is 0 Å². The number of benzene rings is 1. The van der Waals surface area contributed by atoms with E-state index in [9.17, 15) is 4.79 Å². The van der Waals surface area contributed by atoms with Gasteiger partial charge in [0.15, 0.2) is 0 Å². The van der Waals surface area contributed by atoms with Crippen LogP contribution < -0.4 is 10.5 Å². The van der Waals surface area contributed by atoms with Crippen LogP contribution >= 0.6 is 0 Å². The molecule has 2 rings (SSSR count). The molecule has 0 spiro atoms. The number of anilines is 1. The predicted octanol–water partition coefficient (Wildman–Crippen LogP) is 4.95. The van der Waals surface area contributed by atoms with Crippen molar-refractivity contribution in [3.05, 3.63) is 23.8 Å². The van der Waals surface area contributed by atoms with Gasteiger partial charge in [-0.15, -0.1) is 0 Å². The fourth-order valence-electron chi connectivity index (χ4n) is 3.69. The molecule has 146 valence electrons. The maximum atomic E-state index is 12.6. The van der Waals surface area contributed by atoms with Gasteiger partial charge in [0, 0.05) is 12.1 Å². The van der Waals surface area contributed by atoms with Crippen molar-refractivity contribution in [3.63, 3.8) is 0 Å². The average Bonchev–Trinajstić information content (AvgIpc) is 2.46. The number of carbonyl (C=O) groups is 1. The molecule has 2 N–H and O–H groups in total. The number of hydrogen-bond acceptors (Lipinski definition) is 4. The van der Waals surface area contributed by atoms with Crippen molar-refractivity contribution in [1.29, 1.82) is 0 Å². The van der Waals surface area contributed by atoms with Gasteiger partial charge in [-0.25, -0.2) is 4.79 Å². The second kappa shape index (κ2) is 7.77. The van der Waals surface area contributed by atoms with E-state index in [0.29, 0.717) is 11.6 Å². The van der Waals surface area contributed by atoms with Crippen LogP contribution in [0.5, 0.6) is 5.75 Å². The molecule has 2 unspecified atom stereocenters. The third kappa shape index (κ3) is 5.05. The average molecular weight is 363 g/mol. The topological polar surface area (TPSA) is 64.8 Å². The Balaban J connectivity index is 2.15. The van der Waals surface area contributed by atoms with Crippen molar-refractivity contribution in [1.82, 2.24) is 4.90 Å². The van der Waals surface area contributed by atoms with E-state index < -0.39 is 5.60 Å². The molecule has 0 bridgehead atoms. The lowest BCUT2D eigenvalue weighted by molar-refractivity contribution is -0.00256. The van der Waals surface area contributed by atoms with Gasteiger partial charge in [0.05, 0.1) is 11.8 Å². The van der Waals surface area contributed by atoms with Gasteiger partial charge in [-0.2, -0.15) is 0 Å². The van der Waals surface area contributed by atoms with E-state index in [2.05, 4.69) is 26.0 Å². The summed E-state index contributed by atoms with van der Waals surface area (Å²) in [4.78, 5) is 14.4. The Bertz CT molecular complexity index is 625. The molecule has 1 aromatic rings. The number of nitrogen functional groups attached to an aromatic ring is 1. The van der Waals surface area contributed by atoms with E-state index in [1.54, 1.807) is 0 Å². The van der Waals surface area contributed by atoms with Crippen molar-refractivity contribution in [3.8, 4) is 5.75 Å². The Labute approximate surface area is 157 Å². The molecule has 1 amide bonds. The van der Waals surface area contributed by atoms with Gasteiger partial charge in [0.25, 0.3) is 0 Å². The first-order chi connectivity index (χ1) is 12.0. The van der Waals surface area contributed by atoms with Gasteiger partial charge in [-0.05, 0) is 84.9 Å². The van der Waals surface area contributed by atoms with Crippen molar-refractivity contribution < 1.29 is 14.3 Å². The zero-order chi connectivity index (χ0) is 19.6. The third-order valence-electron chi connectivity index (χ3n) is 4.68. The van der Waals surface area contributed by atoms with Crippen molar-refractivity contribution in [2.24, 2.45) is 0 Å². The Morgan fingerprint density at radius 3 is 2.27 bits per heavy atom. The van der Waals surface area contributed by atoms with Crippen LogP contribution in [0.3, 0.4) is 0 Å². The van der Waals surface area contributed by atoms with Crippen LogP contribution in [0.1, 0.15) is 72.8 Å². The first-order valence-corrected chi connectivity index (χ1v) is 9.55. The van der Waals surface area contributed by atoms with E-state index in [4.69, 9.17) is 15.2 Å². The maximum Gasteiger partial charge on any atom is 0.410 e. The normalized spacial score (nSPS) is 23.8. The molecule has 5 heteroatoms. The Kier molecular flexibility index (Phi) is 6.09. The Morgan fingerprint density at radius 2 is 1.77 bits per heavy atom. The second-order valence-electron chi connectivity index (χ2n) is 8.72. The maximum absolute atomic E-state index is 12.6. The third-order valence-corrected chi connectivity index (χ3v) is 4.68. The molecular weight excluding hydrogens is 328 g/mol. The Hall–Kier alpha value is -1.91. The Morgan fingerprint density at radius 1 is 1.19 bits per heavy atom. The lowest BCUT2D eigenvalue weighted by atomic mass is 9.82. The highest BCUT2D eigenvalue weighted by molar-refractivity contribution is 5.69. The zero-order valence-electron chi connectivity index (χ0n) is 17.2. The summed E-state index contributed by atoms with van der Waals surface area (Å²) < 4.78 is 11.4. The highest BCUT2D eigenvalue weighted by Gasteiger charge is 2.37. The molecule has 1 fully saturated rings. The van der Waals surface area contributed by atoms with Crippen molar-refractivity contribution in [2.45, 2.75) is 91.0 Å². The molecule has 5 nitrogen and oxygen atoms in total. The second-order valence-corrected chi connectivity index (χ2v) is 8.72. The van der Waals surface area contributed by atoms with Gasteiger partial charge in [0.2, 0.25) is 0 Å². The lowest BCUT2D eigenvalue weighted by Gasteiger charge is -2.43. The van der Waals surface area contributed by atoms with Crippen LogP contribution in [-0.2, 0) is 4.74 Å². The summed E-state index contributed by atoms with van der Waals surface area (Å²) in [6.07, 6.45) is 1.65. The SMILES string of the molecule is CC(C)Oc1cc(C2CC(C)N(C(=O)OC(C)(C)C)C(C)C2)ccc1N. The number of likely N-dealkylation sites (tertiary alicyclic amines) is 1.